The Bertz CT molecular complexity index is 254. The van der Waals surface area contributed by atoms with E-state index in [1.54, 1.807) is 0 Å². The predicted molar refractivity (Wildman–Crippen MR) is 96.6 cm³/mol. The average Bonchev–Trinajstić information content (AvgIpc) is 2.42. The molecule has 0 fully saturated rings. The minimum Gasteiger partial charge on any atom is -0.310 e. The quantitative estimate of drug-likeness (QED) is 0.348. The Hall–Kier alpha value is 0.150. The Kier molecular flexibility index (Phi) is 13.7. The zero-order valence-electron chi connectivity index (χ0n) is 15.7. The van der Waals surface area contributed by atoms with E-state index in [4.69, 9.17) is 9.05 Å². The van der Waals surface area contributed by atoms with Crippen molar-refractivity contribution in [3.63, 3.8) is 0 Å². The number of rotatable bonds is 14. The first-order chi connectivity index (χ1) is 10.3. The average molecular weight is 334 g/mol. The Morgan fingerprint density at radius 2 is 1.05 bits per heavy atom. The van der Waals surface area contributed by atoms with Crippen molar-refractivity contribution in [1.82, 2.24) is 0 Å². The predicted octanol–water partition coefficient (Wildman–Crippen LogP) is 6.33. The third kappa shape index (κ3) is 15.1. The van der Waals surface area contributed by atoms with Gasteiger partial charge >= 0.3 is 8.25 Å². The van der Waals surface area contributed by atoms with Crippen molar-refractivity contribution in [2.45, 2.75) is 80.1 Å². The largest absolute Gasteiger partial charge is 0.319 e. The van der Waals surface area contributed by atoms with Gasteiger partial charge in [0.15, 0.2) is 0 Å². The molecule has 0 aromatic heterocycles. The van der Waals surface area contributed by atoms with E-state index in [0.717, 1.165) is 24.7 Å². The second-order valence-electron chi connectivity index (χ2n) is 7.73. The molecule has 0 aromatic rings. The van der Waals surface area contributed by atoms with Crippen molar-refractivity contribution in [3.05, 3.63) is 0 Å². The van der Waals surface area contributed by atoms with E-state index in [1.165, 1.54) is 25.7 Å². The summed E-state index contributed by atoms with van der Waals surface area (Å²) in [6, 6.07) is 0. The first-order valence-corrected chi connectivity index (χ1v) is 10.3. The van der Waals surface area contributed by atoms with Crippen molar-refractivity contribution >= 4 is 8.25 Å². The van der Waals surface area contributed by atoms with Crippen LogP contribution in [0.2, 0.25) is 0 Å². The van der Waals surface area contributed by atoms with Gasteiger partial charge in [-0.3, -0.25) is 4.57 Å². The summed E-state index contributed by atoms with van der Waals surface area (Å²) in [5.74, 6) is 2.43. The van der Waals surface area contributed by atoms with E-state index in [0.29, 0.717) is 25.0 Å². The zero-order chi connectivity index (χ0) is 17.0. The second-order valence-corrected chi connectivity index (χ2v) is 8.81. The molecule has 2 atom stereocenters. The molecule has 0 rings (SSSR count). The van der Waals surface area contributed by atoms with Gasteiger partial charge in [0.05, 0.1) is 13.2 Å². The van der Waals surface area contributed by atoms with Crippen LogP contribution < -0.4 is 0 Å². The summed E-state index contributed by atoms with van der Waals surface area (Å²) in [7, 11) is -2.31. The third-order valence-electron chi connectivity index (χ3n) is 3.93. The maximum Gasteiger partial charge on any atom is 0.319 e. The van der Waals surface area contributed by atoms with Gasteiger partial charge in [-0.25, -0.2) is 0 Å². The summed E-state index contributed by atoms with van der Waals surface area (Å²) in [6.07, 6.45) is 7.22. The molecule has 0 saturated carbocycles. The van der Waals surface area contributed by atoms with Crippen molar-refractivity contribution < 1.29 is 13.6 Å². The van der Waals surface area contributed by atoms with Crippen LogP contribution >= 0.6 is 8.25 Å². The van der Waals surface area contributed by atoms with Crippen LogP contribution in [0.4, 0.5) is 0 Å². The maximum absolute atomic E-state index is 11.8. The monoisotopic (exact) mass is 334 g/mol. The highest BCUT2D eigenvalue weighted by Crippen LogP contribution is 2.27. The second kappa shape index (κ2) is 13.6. The fraction of sp³-hybridized carbons (Fsp3) is 1.00. The lowest BCUT2D eigenvalue weighted by molar-refractivity contribution is 0.177. The first kappa shape index (κ1) is 22.1. The van der Waals surface area contributed by atoms with Crippen LogP contribution in [0.25, 0.3) is 0 Å². The Balaban J connectivity index is 3.59. The smallest absolute Gasteiger partial charge is 0.310 e. The highest BCUT2D eigenvalue weighted by molar-refractivity contribution is 7.33. The fourth-order valence-corrected chi connectivity index (χ4v) is 3.30. The summed E-state index contributed by atoms with van der Waals surface area (Å²) in [6.45, 7) is 14.4. The molecule has 3 nitrogen and oxygen atoms in total. The lowest BCUT2D eigenvalue weighted by Gasteiger charge is -2.15. The van der Waals surface area contributed by atoms with Gasteiger partial charge in [-0.15, -0.1) is 0 Å². The molecule has 22 heavy (non-hydrogen) atoms. The van der Waals surface area contributed by atoms with Crippen LogP contribution in [0.1, 0.15) is 80.1 Å². The van der Waals surface area contributed by atoms with Gasteiger partial charge in [0.2, 0.25) is 0 Å². The highest BCUT2D eigenvalue weighted by Gasteiger charge is 2.09. The van der Waals surface area contributed by atoms with E-state index >= 15 is 0 Å². The standard InChI is InChI=1S/C18H39O3P/c1-15(2)9-7-11-17(5)13-20-22(19)21-14-18(6)12-8-10-16(3)4/h15-18,22H,7-14H2,1-6H3. The molecule has 134 valence electrons. The molecule has 0 bridgehead atoms. The lowest BCUT2D eigenvalue weighted by Crippen LogP contribution is -2.06. The first-order valence-electron chi connectivity index (χ1n) is 9.10. The van der Waals surface area contributed by atoms with Gasteiger partial charge in [0, 0.05) is 0 Å². The molecule has 0 aliphatic carbocycles. The fourth-order valence-electron chi connectivity index (χ4n) is 2.38. The van der Waals surface area contributed by atoms with Crippen LogP contribution in [0.5, 0.6) is 0 Å². The zero-order valence-corrected chi connectivity index (χ0v) is 16.7. The molecule has 0 saturated heterocycles. The Morgan fingerprint density at radius 3 is 1.36 bits per heavy atom. The van der Waals surface area contributed by atoms with E-state index in [1.807, 2.05) is 0 Å². The van der Waals surface area contributed by atoms with Crippen LogP contribution in [-0.4, -0.2) is 13.2 Å². The molecule has 0 amide bonds. The molecule has 0 aliphatic rings. The van der Waals surface area contributed by atoms with Gasteiger partial charge in [-0.1, -0.05) is 67.2 Å². The summed E-state index contributed by atoms with van der Waals surface area (Å²) >= 11 is 0. The van der Waals surface area contributed by atoms with Gasteiger partial charge in [0.25, 0.3) is 0 Å². The van der Waals surface area contributed by atoms with Crippen molar-refractivity contribution in [3.8, 4) is 0 Å². The summed E-state index contributed by atoms with van der Waals surface area (Å²) in [5, 5.41) is 0. The molecule has 0 spiro atoms. The van der Waals surface area contributed by atoms with Crippen LogP contribution in [0.3, 0.4) is 0 Å². The molecule has 2 unspecified atom stereocenters. The minimum atomic E-state index is -2.31. The molecule has 0 aliphatic heterocycles. The maximum atomic E-state index is 11.8. The molecule has 0 aromatic carbocycles. The number of hydrogen-bond acceptors (Lipinski definition) is 3. The molecular formula is C18H39O3P. The number of hydrogen-bond donors (Lipinski definition) is 0. The van der Waals surface area contributed by atoms with Crippen LogP contribution in [-0.2, 0) is 13.6 Å². The topological polar surface area (TPSA) is 35.5 Å². The molecule has 0 heterocycles. The summed E-state index contributed by atoms with van der Waals surface area (Å²) < 4.78 is 22.5. The molecular weight excluding hydrogens is 295 g/mol. The summed E-state index contributed by atoms with van der Waals surface area (Å²) in [5.41, 5.74) is 0. The van der Waals surface area contributed by atoms with Crippen molar-refractivity contribution in [2.75, 3.05) is 13.2 Å². The molecule has 4 heteroatoms. The Morgan fingerprint density at radius 1 is 0.682 bits per heavy atom. The Labute approximate surface area is 139 Å². The van der Waals surface area contributed by atoms with Crippen LogP contribution in [0.15, 0.2) is 0 Å². The lowest BCUT2D eigenvalue weighted by atomic mass is 10.0. The third-order valence-corrected chi connectivity index (χ3v) is 4.73. The van der Waals surface area contributed by atoms with Gasteiger partial charge < -0.3 is 9.05 Å². The van der Waals surface area contributed by atoms with Crippen LogP contribution in [0, 0.1) is 23.7 Å². The van der Waals surface area contributed by atoms with E-state index in [2.05, 4.69) is 41.5 Å². The van der Waals surface area contributed by atoms with Crippen molar-refractivity contribution in [2.24, 2.45) is 23.7 Å². The molecule has 0 radical (unpaired) electrons. The molecule has 0 N–H and O–H groups in total. The van der Waals surface area contributed by atoms with E-state index in [9.17, 15) is 4.57 Å². The minimum absolute atomic E-state index is 0.458. The van der Waals surface area contributed by atoms with Gasteiger partial charge in [0.1, 0.15) is 0 Å². The highest BCUT2D eigenvalue weighted by atomic mass is 31.1. The van der Waals surface area contributed by atoms with E-state index in [-0.39, 0.29) is 0 Å². The van der Waals surface area contributed by atoms with Gasteiger partial charge in [-0.2, -0.15) is 0 Å². The normalized spacial score (nSPS) is 16.2. The van der Waals surface area contributed by atoms with E-state index < -0.39 is 8.25 Å². The SMILES string of the molecule is CC(C)CCCC(C)CO[PH](=O)OCC(C)CCCC(C)C. The summed E-state index contributed by atoms with van der Waals surface area (Å²) in [4.78, 5) is 0. The van der Waals surface area contributed by atoms with Gasteiger partial charge in [-0.05, 0) is 36.5 Å². The van der Waals surface area contributed by atoms with Crippen molar-refractivity contribution in [1.29, 1.82) is 0 Å².